The summed E-state index contributed by atoms with van der Waals surface area (Å²) in [5.74, 6) is 1.47. The van der Waals surface area contributed by atoms with Crippen LogP contribution in [0.2, 0.25) is 0 Å². The minimum absolute atomic E-state index is 0.286. The van der Waals surface area contributed by atoms with E-state index >= 15 is 0 Å². The number of phenolic OH excluding ortho intramolecular Hbond substituents is 1. The molecule has 1 atom stereocenters. The van der Waals surface area contributed by atoms with Crippen molar-refractivity contribution in [2.45, 2.75) is 58.0 Å². The molecule has 31 heavy (non-hydrogen) atoms. The van der Waals surface area contributed by atoms with Crippen molar-refractivity contribution in [3.63, 3.8) is 0 Å². The van der Waals surface area contributed by atoms with Gasteiger partial charge >= 0.3 is 0 Å². The van der Waals surface area contributed by atoms with E-state index in [1.807, 2.05) is 55.5 Å². The van der Waals surface area contributed by atoms with E-state index in [0.29, 0.717) is 17.4 Å². The Hall–Kier alpha value is -2.51. The molecule has 4 heteroatoms. The highest BCUT2D eigenvalue weighted by atomic mass is 31.2. The van der Waals surface area contributed by atoms with Gasteiger partial charge in [0.05, 0.1) is 11.5 Å². The second-order valence-electron chi connectivity index (χ2n) is 9.01. The fourth-order valence-corrected chi connectivity index (χ4v) is 7.90. The first-order chi connectivity index (χ1) is 15.0. The summed E-state index contributed by atoms with van der Waals surface area (Å²) in [6.45, 7) is 4.03. The molecule has 0 bridgehead atoms. The van der Waals surface area contributed by atoms with Gasteiger partial charge in [0.25, 0.3) is 7.37 Å². The molecular weight excluding hydrogens is 403 g/mol. The third kappa shape index (κ3) is 3.49. The van der Waals surface area contributed by atoms with Gasteiger partial charge in [0.2, 0.25) is 0 Å². The zero-order valence-electron chi connectivity index (χ0n) is 18.2. The molecule has 3 nitrogen and oxygen atoms in total. The first-order valence-corrected chi connectivity index (χ1v) is 13.1. The molecule has 0 spiro atoms. The van der Waals surface area contributed by atoms with E-state index in [2.05, 4.69) is 13.0 Å². The molecule has 1 aliphatic carbocycles. The second-order valence-corrected chi connectivity index (χ2v) is 11.3. The summed E-state index contributed by atoms with van der Waals surface area (Å²) in [6.07, 6.45) is 6.30. The molecule has 1 fully saturated rings. The maximum absolute atomic E-state index is 14.3. The smallest absolute Gasteiger partial charge is 0.282 e. The molecule has 3 aromatic carbocycles. The van der Waals surface area contributed by atoms with E-state index in [1.54, 1.807) is 0 Å². The normalized spacial score (nSPS) is 20.6. The average Bonchev–Trinajstić information content (AvgIpc) is 2.80. The number of para-hydroxylation sites is 1. The van der Waals surface area contributed by atoms with Gasteiger partial charge in [-0.05, 0) is 72.6 Å². The minimum Gasteiger partial charge on any atom is -0.507 e. The van der Waals surface area contributed by atoms with Crippen LogP contribution in [0.1, 0.15) is 60.3 Å². The number of phenols is 1. The molecule has 0 radical (unpaired) electrons. The Bertz CT molecular complexity index is 1190. The summed E-state index contributed by atoms with van der Waals surface area (Å²) in [5.41, 5.74) is 5.89. The van der Waals surface area contributed by atoms with Crippen LogP contribution in [0.25, 0.3) is 11.1 Å². The molecule has 1 aliphatic heterocycles. The van der Waals surface area contributed by atoms with E-state index < -0.39 is 7.37 Å². The van der Waals surface area contributed by atoms with Gasteiger partial charge in [-0.25, -0.2) is 0 Å². The lowest BCUT2D eigenvalue weighted by Crippen LogP contribution is -2.19. The van der Waals surface area contributed by atoms with E-state index in [0.717, 1.165) is 51.5 Å². The summed E-state index contributed by atoms with van der Waals surface area (Å²) in [4.78, 5) is 0. The average molecular weight is 433 g/mol. The zero-order valence-corrected chi connectivity index (χ0v) is 19.1. The quantitative estimate of drug-likeness (QED) is 0.445. The van der Waals surface area contributed by atoms with Crippen LogP contribution >= 0.6 is 7.37 Å². The van der Waals surface area contributed by atoms with Crippen molar-refractivity contribution in [2.24, 2.45) is 0 Å². The first-order valence-electron chi connectivity index (χ1n) is 11.3. The largest absolute Gasteiger partial charge is 0.507 e. The summed E-state index contributed by atoms with van der Waals surface area (Å²) in [5, 5.41) is 11.9. The summed E-state index contributed by atoms with van der Waals surface area (Å²) < 4.78 is 20.5. The van der Waals surface area contributed by atoms with Gasteiger partial charge in [-0.1, -0.05) is 61.7 Å². The molecule has 5 rings (SSSR count). The molecule has 160 valence electrons. The van der Waals surface area contributed by atoms with Crippen molar-refractivity contribution in [2.75, 3.05) is 0 Å². The number of hydrogen-bond acceptors (Lipinski definition) is 3. The maximum atomic E-state index is 14.3. The van der Waals surface area contributed by atoms with E-state index in [-0.39, 0.29) is 6.16 Å². The van der Waals surface area contributed by atoms with Crippen LogP contribution in [0.3, 0.4) is 0 Å². The topological polar surface area (TPSA) is 46.5 Å². The van der Waals surface area contributed by atoms with Crippen LogP contribution in [0, 0.1) is 13.8 Å². The zero-order chi connectivity index (χ0) is 21.6. The van der Waals surface area contributed by atoms with Gasteiger partial charge in [-0.2, -0.15) is 0 Å². The lowest BCUT2D eigenvalue weighted by atomic mass is 9.81. The Morgan fingerprint density at radius 1 is 0.968 bits per heavy atom. The Kier molecular flexibility index (Phi) is 5.18. The van der Waals surface area contributed by atoms with E-state index in [9.17, 15) is 9.67 Å². The Labute approximate surface area is 184 Å². The van der Waals surface area contributed by atoms with Gasteiger partial charge in [-0.15, -0.1) is 0 Å². The predicted molar refractivity (Wildman–Crippen MR) is 127 cm³/mol. The van der Waals surface area contributed by atoms with Crippen LogP contribution < -0.4 is 9.83 Å². The van der Waals surface area contributed by atoms with Crippen LogP contribution in [-0.4, -0.2) is 5.11 Å². The van der Waals surface area contributed by atoms with Crippen molar-refractivity contribution in [3.05, 3.63) is 76.9 Å². The molecule has 3 aromatic rings. The van der Waals surface area contributed by atoms with Crippen LogP contribution in [-0.2, 0) is 10.7 Å². The van der Waals surface area contributed by atoms with E-state index in [4.69, 9.17) is 4.52 Å². The highest BCUT2D eigenvalue weighted by Crippen LogP contribution is 2.57. The van der Waals surface area contributed by atoms with Gasteiger partial charge in [-0.3, -0.25) is 4.57 Å². The molecule has 0 amide bonds. The molecular formula is C27H29O3P. The highest BCUT2D eigenvalue weighted by molar-refractivity contribution is 7.67. The molecule has 1 N–H and O–H groups in total. The Balaban J connectivity index is 1.57. The van der Waals surface area contributed by atoms with Crippen molar-refractivity contribution in [1.82, 2.24) is 0 Å². The van der Waals surface area contributed by atoms with Crippen molar-refractivity contribution >= 4 is 12.7 Å². The van der Waals surface area contributed by atoms with Crippen LogP contribution in [0.15, 0.2) is 54.6 Å². The minimum atomic E-state index is -3.19. The standard InChI is InChI=1S/C27H29O3P/c1-18-16-23(20-10-4-3-5-11-20)27(28)19(2)24(18)17-31(29)26-15-9-7-13-22(26)21-12-6-8-14-25(21)30-31/h6-9,12-16,20,28H,3-5,10-11,17H2,1-2H3. The molecule has 2 aliphatic rings. The fourth-order valence-electron chi connectivity index (χ4n) is 5.31. The third-order valence-electron chi connectivity index (χ3n) is 7.03. The van der Waals surface area contributed by atoms with Gasteiger partial charge in [0.15, 0.2) is 0 Å². The SMILES string of the molecule is Cc1cc(C2CCCCC2)c(O)c(C)c1CP1(=O)Oc2ccccc2-c2ccccc21. The maximum Gasteiger partial charge on any atom is 0.282 e. The predicted octanol–water partition coefficient (Wildman–Crippen LogP) is 7.22. The van der Waals surface area contributed by atoms with Gasteiger partial charge in [0.1, 0.15) is 11.5 Å². The number of fused-ring (bicyclic) bond motifs is 3. The number of aryl methyl sites for hydroxylation is 1. The third-order valence-corrected chi connectivity index (χ3v) is 9.38. The number of hydrogen-bond donors (Lipinski definition) is 1. The van der Waals surface area contributed by atoms with Gasteiger partial charge in [0, 0.05) is 5.56 Å². The number of aromatic hydroxyl groups is 1. The van der Waals surface area contributed by atoms with Crippen molar-refractivity contribution in [3.8, 4) is 22.6 Å². The lowest BCUT2D eigenvalue weighted by molar-refractivity contribution is 0.412. The number of rotatable bonds is 3. The number of benzene rings is 3. The molecule has 1 heterocycles. The monoisotopic (exact) mass is 432 g/mol. The Morgan fingerprint density at radius 2 is 1.65 bits per heavy atom. The lowest BCUT2D eigenvalue weighted by Gasteiger charge is -2.30. The summed E-state index contributed by atoms with van der Waals surface area (Å²) >= 11 is 0. The van der Waals surface area contributed by atoms with Crippen molar-refractivity contribution in [1.29, 1.82) is 0 Å². The fraction of sp³-hybridized carbons (Fsp3) is 0.333. The van der Waals surface area contributed by atoms with Crippen molar-refractivity contribution < 1.29 is 14.2 Å². The van der Waals surface area contributed by atoms with Crippen LogP contribution in [0.5, 0.6) is 11.5 Å². The molecule has 1 unspecified atom stereocenters. The highest BCUT2D eigenvalue weighted by Gasteiger charge is 2.37. The first kappa shape index (κ1) is 20.4. The second kappa shape index (κ2) is 7.88. The molecule has 1 saturated carbocycles. The van der Waals surface area contributed by atoms with Crippen LogP contribution in [0.4, 0.5) is 0 Å². The molecule has 0 saturated heterocycles. The summed E-state index contributed by atoms with van der Waals surface area (Å²) in [7, 11) is -3.19. The Morgan fingerprint density at radius 3 is 2.42 bits per heavy atom. The summed E-state index contributed by atoms with van der Waals surface area (Å²) in [6, 6.07) is 17.8. The molecule has 0 aromatic heterocycles. The van der Waals surface area contributed by atoms with E-state index in [1.165, 1.54) is 19.3 Å². The van der Waals surface area contributed by atoms with Gasteiger partial charge < -0.3 is 9.63 Å².